The highest BCUT2D eigenvalue weighted by Gasteiger charge is 2.58. The summed E-state index contributed by atoms with van der Waals surface area (Å²) in [6.45, 7) is 4.69. The van der Waals surface area contributed by atoms with E-state index in [2.05, 4.69) is 0 Å². The molecule has 6 heteroatoms. The zero-order valence-corrected chi connectivity index (χ0v) is 16.5. The lowest BCUT2D eigenvalue weighted by Crippen LogP contribution is -2.43. The molecule has 0 unspecified atom stereocenters. The zero-order valence-electron chi connectivity index (χ0n) is 16.5. The van der Waals surface area contributed by atoms with Gasteiger partial charge in [-0.2, -0.15) is 0 Å². The van der Waals surface area contributed by atoms with Gasteiger partial charge in [0.15, 0.2) is 5.78 Å². The Morgan fingerprint density at radius 2 is 1.86 bits per heavy atom. The fourth-order valence-electron chi connectivity index (χ4n) is 5.91. The Balaban J connectivity index is 1.75. The molecule has 0 aliphatic heterocycles. The first-order valence-electron chi connectivity index (χ1n) is 9.96. The van der Waals surface area contributed by atoms with Crippen molar-refractivity contribution in [2.75, 3.05) is 0 Å². The van der Waals surface area contributed by atoms with Crippen molar-refractivity contribution in [3.05, 3.63) is 23.3 Å². The van der Waals surface area contributed by atoms with Gasteiger partial charge in [0.2, 0.25) is 0 Å². The summed E-state index contributed by atoms with van der Waals surface area (Å²) in [5.74, 6) is 0.539. The monoisotopic (exact) mass is 386 g/mol. The van der Waals surface area contributed by atoms with Gasteiger partial charge >= 0.3 is 11.9 Å². The van der Waals surface area contributed by atoms with Crippen LogP contribution in [0.25, 0.3) is 0 Å². The second kappa shape index (κ2) is 6.69. The van der Waals surface area contributed by atoms with Gasteiger partial charge < -0.3 is 14.6 Å². The van der Waals surface area contributed by atoms with Gasteiger partial charge in [0, 0.05) is 30.9 Å². The van der Waals surface area contributed by atoms with Gasteiger partial charge in [-0.25, -0.2) is 0 Å². The number of rotatable bonds is 2. The maximum atomic E-state index is 12.6. The van der Waals surface area contributed by atoms with Crippen molar-refractivity contribution in [2.24, 2.45) is 17.3 Å². The van der Waals surface area contributed by atoms with E-state index in [1.165, 1.54) is 13.8 Å². The van der Waals surface area contributed by atoms with Gasteiger partial charge in [0.25, 0.3) is 0 Å². The van der Waals surface area contributed by atoms with Crippen LogP contribution in [0.1, 0.15) is 63.5 Å². The molecule has 3 aliphatic rings. The number of ketones is 1. The second-order valence-corrected chi connectivity index (χ2v) is 8.67. The third kappa shape index (κ3) is 2.94. The smallest absolute Gasteiger partial charge is 0.308 e. The Kier molecular flexibility index (Phi) is 4.57. The van der Waals surface area contributed by atoms with Crippen molar-refractivity contribution in [2.45, 2.75) is 64.9 Å². The van der Waals surface area contributed by atoms with Crippen LogP contribution in [0, 0.1) is 17.3 Å². The van der Waals surface area contributed by atoms with Crippen molar-refractivity contribution < 1.29 is 29.0 Å². The second-order valence-electron chi connectivity index (χ2n) is 8.67. The van der Waals surface area contributed by atoms with Gasteiger partial charge in [-0.1, -0.05) is 6.92 Å². The van der Waals surface area contributed by atoms with Gasteiger partial charge in [-0.3, -0.25) is 14.4 Å². The molecule has 0 saturated heterocycles. The fourth-order valence-corrected chi connectivity index (χ4v) is 5.91. The Morgan fingerprint density at radius 3 is 2.54 bits per heavy atom. The molecule has 28 heavy (non-hydrogen) atoms. The summed E-state index contributed by atoms with van der Waals surface area (Å²) in [6.07, 6.45) is 2.84. The summed E-state index contributed by atoms with van der Waals surface area (Å²) in [4.78, 5) is 35.7. The average molecular weight is 386 g/mol. The minimum atomic E-state index is -0.866. The molecule has 0 spiro atoms. The molecule has 150 valence electrons. The third-order valence-corrected chi connectivity index (χ3v) is 7.00. The van der Waals surface area contributed by atoms with E-state index in [-0.39, 0.29) is 23.5 Å². The Morgan fingerprint density at radius 1 is 1.14 bits per heavy atom. The highest BCUT2D eigenvalue weighted by atomic mass is 16.5. The Labute approximate surface area is 164 Å². The van der Waals surface area contributed by atoms with E-state index in [9.17, 15) is 19.5 Å². The summed E-state index contributed by atoms with van der Waals surface area (Å²) in [6, 6.07) is 3.48. The van der Waals surface area contributed by atoms with E-state index in [0.717, 1.165) is 36.8 Å². The maximum Gasteiger partial charge on any atom is 0.308 e. The number of aryl methyl sites for hydroxylation is 1. The summed E-state index contributed by atoms with van der Waals surface area (Å²) in [5, 5.41) is 10.2. The predicted molar refractivity (Wildman–Crippen MR) is 100 cm³/mol. The first-order valence-corrected chi connectivity index (χ1v) is 9.96. The van der Waals surface area contributed by atoms with Crippen molar-refractivity contribution in [3.63, 3.8) is 0 Å². The van der Waals surface area contributed by atoms with Crippen LogP contribution in [0.4, 0.5) is 0 Å². The van der Waals surface area contributed by atoms with E-state index >= 15 is 0 Å². The van der Waals surface area contributed by atoms with Crippen molar-refractivity contribution >= 4 is 17.7 Å². The molecule has 0 heterocycles. The van der Waals surface area contributed by atoms with Crippen LogP contribution in [-0.2, 0) is 20.8 Å². The normalized spacial score (nSPS) is 33.5. The molecule has 6 nitrogen and oxygen atoms in total. The molecule has 5 atom stereocenters. The summed E-state index contributed by atoms with van der Waals surface area (Å²) in [5.41, 5.74) is 1.57. The van der Waals surface area contributed by atoms with E-state index in [4.69, 9.17) is 9.47 Å². The quantitative estimate of drug-likeness (QED) is 0.621. The van der Waals surface area contributed by atoms with Gasteiger partial charge in [-0.05, 0) is 61.5 Å². The largest absolute Gasteiger partial charge is 0.427 e. The first-order chi connectivity index (χ1) is 13.2. The molecule has 3 aliphatic carbocycles. The molecule has 2 fully saturated rings. The highest BCUT2D eigenvalue weighted by molar-refractivity contribution is 5.91. The minimum Gasteiger partial charge on any atom is -0.427 e. The molecule has 1 aromatic carbocycles. The third-order valence-electron chi connectivity index (χ3n) is 7.00. The van der Waals surface area contributed by atoms with E-state index in [1.54, 1.807) is 6.07 Å². The molecule has 0 bridgehead atoms. The summed E-state index contributed by atoms with van der Waals surface area (Å²) >= 11 is 0. The SMILES string of the molecule is CC(=O)Oc1cc2c(c(OC(C)=O)c1)[C@H]1CC[C@]3(C)C(=O)[C@H](O)C[C@H]3[C@@H]1CC2. The topological polar surface area (TPSA) is 89.9 Å². The van der Waals surface area contributed by atoms with Crippen molar-refractivity contribution in [1.29, 1.82) is 0 Å². The van der Waals surface area contributed by atoms with Crippen LogP contribution in [0.15, 0.2) is 12.1 Å². The lowest BCUT2D eigenvalue weighted by atomic mass is 9.55. The molecule has 1 aromatic rings. The standard InChI is InChI=1S/C22H26O6/c1-11(23)27-14-8-13-4-5-15-16(20(13)19(9-14)28-12(2)24)6-7-22(3)17(15)10-18(25)21(22)26/h8-9,15-18,25H,4-7,10H2,1-3H3/t15-,16+,17+,18-,22+/m1/s1. The lowest BCUT2D eigenvalue weighted by molar-refractivity contribution is -0.134. The fraction of sp³-hybridized carbons (Fsp3) is 0.591. The molecular weight excluding hydrogens is 360 g/mol. The van der Waals surface area contributed by atoms with E-state index in [1.807, 2.05) is 13.0 Å². The number of carbonyl (C=O) groups excluding carboxylic acids is 3. The van der Waals surface area contributed by atoms with Gasteiger partial charge in [0.05, 0.1) is 0 Å². The number of esters is 2. The van der Waals surface area contributed by atoms with Crippen molar-refractivity contribution in [1.82, 2.24) is 0 Å². The molecule has 0 aromatic heterocycles. The number of benzene rings is 1. The van der Waals surface area contributed by atoms with Gasteiger partial charge in [-0.15, -0.1) is 0 Å². The number of fused-ring (bicyclic) bond motifs is 5. The van der Waals surface area contributed by atoms with Crippen molar-refractivity contribution in [3.8, 4) is 11.5 Å². The number of aliphatic hydroxyl groups is 1. The van der Waals surface area contributed by atoms with Crippen LogP contribution in [0.5, 0.6) is 11.5 Å². The van der Waals surface area contributed by atoms with Gasteiger partial charge in [0.1, 0.15) is 17.6 Å². The molecule has 1 N–H and O–H groups in total. The van der Waals surface area contributed by atoms with E-state index < -0.39 is 23.5 Å². The molecule has 4 rings (SSSR count). The van der Waals surface area contributed by atoms with Crippen LogP contribution in [-0.4, -0.2) is 28.9 Å². The maximum absolute atomic E-state index is 12.6. The van der Waals surface area contributed by atoms with Crippen LogP contribution >= 0.6 is 0 Å². The molecule has 0 amide bonds. The van der Waals surface area contributed by atoms with Crippen LogP contribution < -0.4 is 9.47 Å². The number of hydrogen-bond donors (Lipinski definition) is 1. The Hall–Kier alpha value is -2.21. The van der Waals surface area contributed by atoms with Crippen LogP contribution in [0.3, 0.4) is 0 Å². The molecule has 2 saturated carbocycles. The summed E-state index contributed by atoms with van der Waals surface area (Å²) in [7, 11) is 0. The minimum absolute atomic E-state index is 0.0211. The number of ether oxygens (including phenoxy) is 2. The number of aliphatic hydroxyl groups excluding tert-OH is 1. The number of hydrogen-bond acceptors (Lipinski definition) is 6. The van der Waals surface area contributed by atoms with E-state index in [0.29, 0.717) is 17.9 Å². The summed E-state index contributed by atoms with van der Waals surface area (Å²) < 4.78 is 10.8. The average Bonchev–Trinajstić information content (AvgIpc) is 2.84. The van der Waals surface area contributed by atoms with Crippen LogP contribution in [0.2, 0.25) is 0 Å². The lowest BCUT2D eigenvalue weighted by Gasteiger charge is -2.48. The molecule has 0 radical (unpaired) electrons. The molecular formula is C22H26O6. The highest BCUT2D eigenvalue weighted by Crippen LogP contribution is 2.60. The Bertz CT molecular complexity index is 859. The predicted octanol–water partition coefficient (Wildman–Crippen LogP) is 2.93. The number of Topliss-reactive ketones (excluding diaryl/α,β-unsaturated/α-hetero) is 1. The zero-order chi connectivity index (χ0) is 20.2. The first kappa shape index (κ1) is 19.1. The number of carbonyl (C=O) groups is 3.